The van der Waals surface area contributed by atoms with E-state index < -0.39 is 8.16 Å². The first-order valence-electron chi connectivity index (χ1n) is 7.80. The van der Waals surface area contributed by atoms with E-state index in [1.807, 2.05) is 0 Å². The molecule has 2 aliphatic rings. The average Bonchev–Trinajstić information content (AvgIpc) is 3.04. The quantitative estimate of drug-likeness (QED) is 0.217. The van der Waals surface area contributed by atoms with Crippen LogP contribution in [0.4, 0.5) is 25.7 Å². The Kier molecular flexibility index (Phi) is 9.25. The molecule has 0 saturated carbocycles. The van der Waals surface area contributed by atoms with Crippen LogP contribution < -0.4 is 0 Å². The third kappa shape index (κ3) is 11.5. The third-order valence-electron chi connectivity index (χ3n) is 3.54. The Morgan fingerprint density at radius 3 is 1.52 bits per heavy atom. The van der Waals surface area contributed by atoms with Crippen LogP contribution in [-0.2, 0) is 0 Å². The van der Waals surface area contributed by atoms with Gasteiger partial charge >= 0.3 is 29.1 Å². The Hall–Kier alpha value is -0.720. The zero-order valence-corrected chi connectivity index (χ0v) is 14.3. The molecule has 0 aromatic rings. The van der Waals surface area contributed by atoms with Gasteiger partial charge in [0.2, 0.25) is 0 Å². The standard InChI is InChI=1S/C13H25N3.F5P.FH/c1-2-3-8-14-13(15-9-4-5-10-15)16-11-6-7-12-16;1-6(2,3,4)5;/h2-12H2,1H3;;1H. The van der Waals surface area contributed by atoms with Gasteiger partial charge in [0.05, 0.1) is 0 Å². The Morgan fingerprint density at radius 2 is 1.22 bits per heavy atom. The molecule has 0 aromatic carbocycles. The van der Waals surface area contributed by atoms with Gasteiger partial charge in [0.1, 0.15) is 0 Å². The van der Waals surface area contributed by atoms with Gasteiger partial charge in [0.25, 0.3) is 0 Å². The van der Waals surface area contributed by atoms with Crippen molar-refractivity contribution in [2.24, 2.45) is 4.99 Å². The average molecular weight is 369 g/mol. The first kappa shape index (κ1) is 22.3. The maximum absolute atomic E-state index is 9.84. The predicted molar refractivity (Wildman–Crippen MR) is 83.8 cm³/mol. The van der Waals surface area contributed by atoms with E-state index in [9.17, 15) is 21.0 Å². The van der Waals surface area contributed by atoms with Crippen molar-refractivity contribution in [2.45, 2.75) is 45.4 Å². The Bertz CT molecular complexity index is 326. The molecular weight excluding hydrogens is 343 g/mol. The van der Waals surface area contributed by atoms with Crippen LogP contribution >= 0.6 is 8.16 Å². The molecule has 0 bridgehead atoms. The number of rotatable bonds is 3. The summed E-state index contributed by atoms with van der Waals surface area (Å²) >= 11 is 0. The number of guanidine groups is 1. The van der Waals surface area contributed by atoms with Gasteiger partial charge in [-0.05, 0) is 32.1 Å². The summed E-state index contributed by atoms with van der Waals surface area (Å²) in [4.78, 5) is 9.85. The molecule has 0 aromatic heterocycles. The summed E-state index contributed by atoms with van der Waals surface area (Å²) in [5.41, 5.74) is 0. The van der Waals surface area contributed by atoms with Crippen molar-refractivity contribution in [3.63, 3.8) is 0 Å². The van der Waals surface area contributed by atoms with Crippen molar-refractivity contribution in [3.8, 4) is 0 Å². The second-order valence-electron chi connectivity index (χ2n) is 5.56. The molecule has 0 radical (unpaired) electrons. The number of halogens is 6. The summed E-state index contributed by atoms with van der Waals surface area (Å²) in [6, 6.07) is 0. The Balaban J connectivity index is 0.000000599. The monoisotopic (exact) mass is 369 g/mol. The molecule has 0 N–H and O–H groups in total. The number of nitrogens with zero attached hydrogens (tertiary/aromatic N) is 3. The van der Waals surface area contributed by atoms with Gasteiger partial charge in [0, 0.05) is 32.7 Å². The number of hydrogen-bond donors (Lipinski definition) is 0. The molecule has 2 aliphatic heterocycles. The number of aliphatic imine (C=N–C) groups is 1. The zero-order chi connectivity index (χ0) is 16.7. The van der Waals surface area contributed by atoms with E-state index in [0.717, 1.165) is 6.54 Å². The molecule has 2 fully saturated rings. The van der Waals surface area contributed by atoms with Crippen molar-refractivity contribution in [1.29, 1.82) is 0 Å². The van der Waals surface area contributed by atoms with Crippen molar-refractivity contribution < 1.29 is 25.7 Å². The van der Waals surface area contributed by atoms with E-state index in [4.69, 9.17) is 4.99 Å². The van der Waals surface area contributed by atoms with E-state index in [-0.39, 0.29) is 4.70 Å². The van der Waals surface area contributed by atoms with Gasteiger partial charge < -0.3 is 9.80 Å². The molecule has 2 heterocycles. The Morgan fingerprint density at radius 1 is 0.870 bits per heavy atom. The summed E-state index contributed by atoms with van der Waals surface area (Å²) in [6.45, 7) is 8.14. The van der Waals surface area contributed by atoms with E-state index in [2.05, 4.69) is 16.7 Å². The van der Waals surface area contributed by atoms with Crippen LogP contribution in [-0.4, -0.2) is 48.5 Å². The number of unbranched alkanes of at least 4 members (excludes halogenated alkanes) is 1. The van der Waals surface area contributed by atoms with Gasteiger partial charge in [-0.15, -0.1) is 0 Å². The normalized spacial score (nSPS) is 19.3. The predicted octanol–water partition coefficient (Wildman–Crippen LogP) is 5.45. The van der Waals surface area contributed by atoms with Crippen LogP contribution in [0.2, 0.25) is 0 Å². The molecule has 0 spiro atoms. The molecular formula is C13H26F6N3P. The number of likely N-dealkylation sites (tertiary alicyclic amines) is 2. The van der Waals surface area contributed by atoms with Crippen LogP contribution in [0.1, 0.15) is 45.4 Å². The fourth-order valence-electron chi connectivity index (χ4n) is 2.57. The summed E-state index contributed by atoms with van der Waals surface area (Å²) in [5, 5.41) is 0. The van der Waals surface area contributed by atoms with Crippen LogP contribution in [0.15, 0.2) is 4.99 Å². The first-order valence-corrected chi connectivity index (χ1v) is 9.49. The summed E-state index contributed by atoms with van der Waals surface area (Å²) in [7, 11) is -8.55. The van der Waals surface area contributed by atoms with Crippen molar-refractivity contribution >= 4 is 14.1 Å². The first-order chi connectivity index (χ1) is 10.2. The van der Waals surface area contributed by atoms with Crippen molar-refractivity contribution in [3.05, 3.63) is 0 Å². The SMILES string of the molecule is CCCCN=C(N1CCCC1)N1CCCC1.F.FP(F)(F)(F)F. The minimum atomic E-state index is -8.55. The molecule has 140 valence electrons. The molecule has 0 amide bonds. The second-order valence-corrected chi connectivity index (χ2v) is 6.84. The minimum absolute atomic E-state index is 0. The van der Waals surface area contributed by atoms with E-state index in [0.29, 0.717) is 0 Å². The van der Waals surface area contributed by atoms with Gasteiger partial charge in [-0.25, -0.2) is 0 Å². The summed E-state index contributed by atoms with van der Waals surface area (Å²) < 4.78 is 49.2. The molecule has 2 rings (SSSR count). The summed E-state index contributed by atoms with van der Waals surface area (Å²) in [6.07, 6.45) is 7.87. The molecule has 3 nitrogen and oxygen atoms in total. The topological polar surface area (TPSA) is 18.8 Å². The van der Waals surface area contributed by atoms with Crippen molar-refractivity contribution in [2.75, 3.05) is 32.7 Å². The van der Waals surface area contributed by atoms with Gasteiger partial charge in [-0.3, -0.25) is 9.70 Å². The third-order valence-corrected chi connectivity index (χ3v) is 3.54. The van der Waals surface area contributed by atoms with Crippen LogP contribution in [0.5, 0.6) is 0 Å². The molecule has 23 heavy (non-hydrogen) atoms. The van der Waals surface area contributed by atoms with Crippen LogP contribution in [0.25, 0.3) is 0 Å². The molecule has 0 aliphatic carbocycles. The molecule has 0 unspecified atom stereocenters. The van der Waals surface area contributed by atoms with Crippen molar-refractivity contribution in [1.82, 2.24) is 9.80 Å². The molecule has 0 atom stereocenters. The summed E-state index contributed by atoms with van der Waals surface area (Å²) in [5.74, 6) is 1.31. The molecule has 2 saturated heterocycles. The van der Waals surface area contributed by atoms with Gasteiger partial charge in [-0.1, -0.05) is 13.3 Å². The van der Waals surface area contributed by atoms with Gasteiger partial charge in [0.15, 0.2) is 5.96 Å². The molecule has 10 heteroatoms. The number of hydrogen-bond acceptors (Lipinski definition) is 1. The van der Waals surface area contributed by atoms with Gasteiger partial charge in [-0.2, -0.15) is 0 Å². The van der Waals surface area contributed by atoms with E-state index in [1.54, 1.807) is 0 Å². The zero-order valence-electron chi connectivity index (χ0n) is 13.4. The van der Waals surface area contributed by atoms with Crippen LogP contribution in [0, 0.1) is 0 Å². The fourth-order valence-corrected chi connectivity index (χ4v) is 2.57. The van der Waals surface area contributed by atoms with Crippen LogP contribution in [0.3, 0.4) is 0 Å². The second kappa shape index (κ2) is 9.55. The van der Waals surface area contributed by atoms with E-state index in [1.165, 1.54) is 70.7 Å². The van der Waals surface area contributed by atoms with E-state index >= 15 is 0 Å². The fraction of sp³-hybridized carbons (Fsp3) is 0.923. The Labute approximate surface area is 133 Å². The maximum atomic E-state index is 9.84.